The summed E-state index contributed by atoms with van der Waals surface area (Å²) in [7, 11) is -3.84. The molecule has 0 aromatic rings. The van der Waals surface area contributed by atoms with E-state index in [2.05, 4.69) is 16.4 Å². The summed E-state index contributed by atoms with van der Waals surface area (Å²) in [4.78, 5) is 2.51. The number of hydrogen-bond donors (Lipinski definition) is 0. The van der Waals surface area contributed by atoms with Crippen molar-refractivity contribution in [1.29, 1.82) is 0 Å². The van der Waals surface area contributed by atoms with Gasteiger partial charge in [0, 0.05) is 9.43 Å². The quantitative estimate of drug-likeness (QED) is 0.171. The van der Waals surface area contributed by atoms with Gasteiger partial charge in [0.2, 0.25) is 10.0 Å². The first-order chi connectivity index (χ1) is 11.6. The lowest BCUT2D eigenvalue weighted by atomic mass is 9.93. The summed E-state index contributed by atoms with van der Waals surface area (Å²) in [5, 5.41) is 0. The van der Waals surface area contributed by atoms with Gasteiger partial charge in [-0.25, -0.2) is 8.42 Å². The minimum Gasteiger partial charge on any atom is -0.220 e. The predicted molar refractivity (Wildman–Crippen MR) is 100 cm³/mol. The molecule has 0 saturated carbocycles. The molecule has 0 bridgehead atoms. The van der Waals surface area contributed by atoms with Crippen LogP contribution in [0, 0.1) is 0 Å². The van der Waals surface area contributed by atoms with Gasteiger partial charge in [-0.15, -0.1) is 0 Å². The normalized spacial score (nSPS) is 20.0. The van der Waals surface area contributed by atoms with Crippen molar-refractivity contribution in [2.75, 3.05) is 0 Å². The summed E-state index contributed by atoms with van der Waals surface area (Å²) in [5.41, 5.74) is 8.53. The van der Waals surface area contributed by atoms with Gasteiger partial charge in [0.05, 0.1) is 0 Å². The molecule has 0 aromatic carbocycles. The van der Waals surface area contributed by atoms with E-state index < -0.39 is 14.8 Å². The van der Waals surface area contributed by atoms with E-state index in [4.69, 9.17) is 5.53 Å². The van der Waals surface area contributed by atoms with Crippen LogP contribution in [0.4, 0.5) is 0 Å². The molecule has 0 amide bonds. The highest BCUT2D eigenvalue weighted by molar-refractivity contribution is 7.91. The van der Waals surface area contributed by atoms with Gasteiger partial charge in [-0.1, -0.05) is 95.4 Å². The fraction of sp³-hybridized carbons (Fsp3) is 0.778. The van der Waals surface area contributed by atoms with Crippen molar-refractivity contribution in [3.8, 4) is 0 Å². The fourth-order valence-electron chi connectivity index (χ4n) is 3.19. The Morgan fingerprint density at radius 3 is 2.08 bits per heavy atom. The molecule has 0 aromatic heterocycles. The summed E-state index contributed by atoms with van der Waals surface area (Å²) in [6.45, 7) is 2.23. The molecule has 1 aliphatic rings. The standard InChI is InChI=1S/C18H31N3O2S/c1-2-3-4-5-6-7-8-9-10-12-15-18(16-13-11-14-17-18)24(22,23)21-20-19/h11,13-14,16H,2-10,12,15,17H2,1H3/t18-/m0/s1. The number of allylic oxidation sites excluding steroid dienone is 3. The highest BCUT2D eigenvalue weighted by atomic mass is 32.2. The van der Waals surface area contributed by atoms with Crippen LogP contribution in [0.1, 0.15) is 84.0 Å². The van der Waals surface area contributed by atoms with Crippen molar-refractivity contribution >= 4 is 10.0 Å². The zero-order chi connectivity index (χ0) is 17.7. The van der Waals surface area contributed by atoms with Crippen molar-refractivity contribution in [2.45, 2.75) is 88.7 Å². The minimum atomic E-state index is -3.84. The van der Waals surface area contributed by atoms with Crippen molar-refractivity contribution in [3.05, 3.63) is 34.7 Å². The van der Waals surface area contributed by atoms with E-state index in [1.165, 1.54) is 44.9 Å². The lowest BCUT2D eigenvalue weighted by molar-refractivity contribution is 0.498. The van der Waals surface area contributed by atoms with Crippen molar-refractivity contribution in [2.24, 2.45) is 4.52 Å². The third-order valence-corrected chi connectivity index (χ3v) is 6.54. The van der Waals surface area contributed by atoms with E-state index in [0.29, 0.717) is 12.8 Å². The number of unbranched alkanes of at least 4 members (excludes halogenated alkanes) is 9. The third-order valence-electron chi connectivity index (χ3n) is 4.72. The average molecular weight is 354 g/mol. The summed E-state index contributed by atoms with van der Waals surface area (Å²) in [5.74, 6) is 0. The van der Waals surface area contributed by atoms with Gasteiger partial charge >= 0.3 is 0 Å². The molecule has 0 fully saturated rings. The number of rotatable bonds is 13. The Balaban J connectivity index is 2.31. The van der Waals surface area contributed by atoms with Crippen LogP contribution >= 0.6 is 0 Å². The van der Waals surface area contributed by atoms with E-state index in [1.54, 1.807) is 12.2 Å². The van der Waals surface area contributed by atoms with Crippen LogP contribution < -0.4 is 0 Å². The largest absolute Gasteiger partial charge is 0.245 e. The summed E-state index contributed by atoms with van der Waals surface area (Å²) < 4.78 is 26.6. The van der Waals surface area contributed by atoms with E-state index in [0.717, 1.165) is 19.3 Å². The summed E-state index contributed by atoms with van der Waals surface area (Å²) >= 11 is 0. The molecule has 24 heavy (non-hydrogen) atoms. The molecule has 1 rings (SSSR count). The molecule has 5 nitrogen and oxygen atoms in total. The molecule has 0 N–H and O–H groups in total. The molecular weight excluding hydrogens is 322 g/mol. The van der Waals surface area contributed by atoms with Crippen LogP contribution in [-0.2, 0) is 10.0 Å². The molecule has 0 aliphatic heterocycles. The minimum absolute atomic E-state index is 0.391. The second-order valence-corrected chi connectivity index (χ2v) is 8.56. The lowest BCUT2D eigenvalue weighted by Crippen LogP contribution is -2.35. The number of sulfonamides is 1. The van der Waals surface area contributed by atoms with Crippen molar-refractivity contribution in [1.82, 2.24) is 0 Å². The molecule has 6 heteroatoms. The Morgan fingerprint density at radius 1 is 1.00 bits per heavy atom. The summed E-state index contributed by atoms with van der Waals surface area (Å²) in [6.07, 6.45) is 20.1. The van der Waals surface area contributed by atoms with Crippen LogP contribution in [0.2, 0.25) is 0 Å². The Hall–Kier alpha value is -1.26. The summed E-state index contributed by atoms with van der Waals surface area (Å²) in [6, 6.07) is 0. The Labute approximate surface area is 146 Å². The number of azide groups is 1. The molecule has 0 radical (unpaired) electrons. The molecule has 1 atom stereocenters. The molecule has 0 heterocycles. The van der Waals surface area contributed by atoms with Gasteiger partial charge in [0.1, 0.15) is 4.75 Å². The maximum Gasteiger partial charge on any atom is 0.245 e. The Kier molecular flexibility index (Phi) is 9.80. The van der Waals surface area contributed by atoms with Crippen molar-refractivity contribution < 1.29 is 8.42 Å². The Morgan fingerprint density at radius 2 is 1.58 bits per heavy atom. The first-order valence-corrected chi connectivity index (χ1v) is 10.7. The van der Waals surface area contributed by atoms with Crippen LogP contribution in [-0.4, -0.2) is 13.2 Å². The highest BCUT2D eigenvalue weighted by Crippen LogP contribution is 2.34. The predicted octanol–water partition coefficient (Wildman–Crippen LogP) is 6.19. The van der Waals surface area contributed by atoms with Gasteiger partial charge in [0.15, 0.2) is 0 Å². The SMILES string of the molecule is CCCCCCCCCCCC[C@]1(S(=O)(=O)N=[N+]=[N-])C=CC=CC1. The Bertz CT molecular complexity index is 563. The third kappa shape index (κ3) is 6.70. The highest BCUT2D eigenvalue weighted by Gasteiger charge is 2.40. The van der Waals surface area contributed by atoms with Gasteiger partial charge in [0.25, 0.3) is 0 Å². The van der Waals surface area contributed by atoms with E-state index in [9.17, 15) is 8.42 Å². The smallest absolute Gasteiger partial charge is 0.220 e. The second kappa shape index (κ2) is 11.3. The fourth-order valence-corrected chi connectivity index (χ4v) is 4.41. The monoisotopic (exact) mass is 353 g/mol. The molecular formula is C18H31N3O2S. The van der Waals surface area contributed by atoms with Crippen LogP contribution in [0.5, 0.6) is 0 Å². The molecule has 0 unspecified atom stereocenters. The molecule has 1 aliphatic carbocycles. The average Bonchev–Trinajstić information content (AvgIpc) is 2.57. The lowest BCUT2D eigenvalue weighted by Gasteiger charge is -2.28. The maximum atomic E-state index is 12.3. The zero-order valence-corrected chi connectivity index (χ0v) is 15.7. The number of hydrogen-bond acceptors (Lipinski definition) is 2. The van der Waals surface area contributed by atoms with E-state index in [-0.39, 0.29) is 0 Å². The first-order valence-electron chi connectivity index (χ1n) is 9.23. The van der Waals surface area contributed by atoms with E-state index >= 15 is 0 Å². The topological polar surface area (TPSA) is 82.9 Å². The maximum absolute atomic E-state index is 12.3. The van der Waals surface area contributed by atoms with Crippen LogP contribution in [0.3, 0.4) is 0 Å². The van der Waals surface area contributed by atoms with Crippen LogP contribution in [0.25, 0.3) is 10.4 Å². The zero-order valence-electron chi connectivity index (χ0n) is 14.9. The molecule has 0 spiro atoms. The van der Waals surface area contributed by atoms with Gasteiger partial charge in [-0.3, -0.25) is 0 Å². The van der Waals surface area contributed by atoms with Gasteiger partial charge in [-0.05, 0) is 18.4 Å². The second-order valence-electron chi connectivity index (χ2n) is 6.63. The van der Waals surface area contributed by atoms with Gasteiger partial charge < -0.3 is 0 Å². The van der Waals surface area contributed by atoms with E-state index in [1.807, 2.05) is 12.2 Å². The van der Waals surface area contributed by atoms with Gasteiger partial charge in [-0.2, -0.15) is 0 Å². The van der Waals surface area contributed by atoms with Crippen LogP contribution in [0.15, 0.2) is 28.8 Å². The first kappa shape index (κ1) is 20.8. The number of nitrogens with zero attached hydrogens (tertiary/aromatic N) is 3. The molecule has 0 saturated heterocycles. The molecule has 136 valence electrons. The van der Waals surface area contributed by atoms with Crippen molar-refractivity contribution in [3.63, 3.8) is 0 Å².